The Morgan fingerprint density at radius 1 is 0.885 bits per heavy atom. The first kappa shape index (κ1) is 18.2. The van der Waals surface area contributed by atoms with Gasteiger partial charge in [0, 0.05) is 28.3 Å². The van der Waals surface area contributed by atoms with Crippen molar-refractivity contribution in [3.8, 4) is 0 Å². The molecule has 0 radical (unpaired) electrons. The van der Waals surface area contributed by atoms with Crippen LogP contribution in [0.5, 0.6) is 0 Å². The van der Waals surface area contributed by atoms with E-state index in [-0.39, 0.29) is 5.91 Å². The van der Waals surface area contributed by atoms with Gasteiger partial charge in [-0.2, -0.15) is 0 Å². The van der Waals surface area contributed by atoms with E-state index in [0.717, 1.165) is 17.1 Å². The Labute approximate surface area is 161 Å². The number of nitrogens with zero attached hydrogens (tertiary/aromatic N) is 2. The summed E-state index contributed by atoms with van der Waals surface area (Å²) in [7, 11) is 0. The minimum Gasteiger partial charge on any atom is -0.324 e. The van der Waals surface area contributed by atoms with Crippen LogP contribution in [0.3, 0.4) is 0 Å². The summed E-state index contributed by atoms with van der Waals surface area (Å²) in [4.78, 5) is 21.2. The molecule has 0 saturated heterocycles. The average Bonchev–Trinajstić information content (AvgIpc) is 2.57. The molecule has 1 heterocycles. The fraction of sp³-hybridized carbons (Fsp3) is 0.105. The van der Waals surface area contributed by atoms with Crippen molar-refractivity contribution in [1.82, 2.24) is 9.97 Å². The SMILES string of the molecule is Cc1cc(C)nc(Nc2cccc(C(=O)Nc3ccc(Cl)c(Cl)c3)c2)n1. The van der Waals surface area contributed by atoms with Crippen molar-refractivity contribution >= 4 is 46.4 Å². The van der Waals surface area contributed by atoms with Crippen LogP contribution in [0.25, 0.3) is 0 Å². The zero-order valence-corrected chi connectivity index (χ0v) is 15.7. The van der Waals surface area contributed by atoms with Crippen molar-refractivity contribution in [3.63, 3.8) is 0 Å². The molecule has 0 aliphatic rings. The molecule has 0 atom stereocenters. The number of hydrogen-bond acceptors (Lipinski definition) is 4. The molecule has 0 spiro atoms. The number of carbonyl (C=O) groups excluding carboxylic acids is 1. The van der Waals surface area contributed by atoms with Gasteiger partial charge in [-0.25, -0.2) is 9.97 Å². The molecule has 0 saturated carbocycles. The maximum Gasteiger partial charge on any atom is 0.255 e. The lowest BCUT2D eigenvalue weighted by Gasteiger charge is -2.09. The second kappa shape index (κ2) is 7.72. The van der Waals surface area contributed by atoms with Crippen LogP contribution in [0.15, 0.2) is 48.5 Å². The summed E-state index contributed by atoms with van der Waals surface area (Å²) >= 11 is 11.9. The van der Waals surface area contributed by atoms with E-state index < -0.39 is 0 Å². The zero-order chi connectivity index (χ0) is 18.7. The first-order chi connectivity index (χ1) is 12.4. The van der Waals surface area contributed by atoms with Crippen molar-refractivity contribution < 1.29 is 4.79 Å². The highest BCUT2D eigenvalue weighted by molar-refractivity contribution is 6.42. The van der Waals surface area contributed by atoms with Crippen LogP contribution in [-0.4, -0.2) is 15.9 Å². The highest BCUT2D eigenvalue weighted by Gasteiger charge is 2.09. The number of aromatic nitrogens is 2. The van der Waals surface area contributed by atoms with Gasteiger partial charge in [0.2, 0.25) is 5.95 Å². The first-order valence-electron chi connectivity index (χ1n) is 7.86. The standard InChI is InChI=1S/C19H16Cl2N4O/c1-11-8-12(2)23-19(22-11)25-14-5-3-4-13(9-14)18(26)24-15-6-7-16(20)17(21)10-15/h3-10H,1-2H3,(H,24,26)(H,22,23,25). The van der Waals surface area contributed by atoms with E-state index in [1.54, 1.807) is 36.4 Å². The van der Waals surface area contributed by atoms with Gasteiger partial charge in [0.25, 0.3) is 5.91 Å². The number of hydrogen-bond donors (Lipinski definition) is 2. The normalized spacial score (nSPS) is 10.5. The number of anilines is 3. The quantitative estimate of drug-likeness (QED) is 0.629. The minimum atomic E-state index is -0.256. The fourth-order valence-corrected chi connectivity index (χ4v) is 2.72. The fourth-order valence-electron chi connectivity index (χ4n) is 2.43. The van der Waals surface area contributed by atoms with Gasteiger partial charge in [0.1, 0.15) is 0 Å². The van der Waals surface area contributed by atoms with Crippen molar-refractivity contribution in [3.05, 3.63) is 75.5 Å². The summed E-state index contributed by atoms with van der Waals surface area (Å²) < 4.78 is 0. The van der Waals surface area contributed by atoms with Gasteiger partial charge in [-0.05, 0) is 56.3 Å². The molecule has 0 fully saturated rings. The highest BCUT2D eigenvalue weighted by Crippen LogP contribution is 2.25. The summed E-state index contributed by atoms with van der Waals surface area (Å²) in [6.07, 6.45) is 0. The van der Waals surface area contributed by atoms with Crippen LogP contribution in [0.2, 0.25) is 10.0 Å². The highest BCUT2D eigenvalue weighted by atomic mass is 35.5. The van der Waals surface area contributed by atoms with Crippen LogP contribution in [-0.2, 0) is 0 Å². The third-order valence-electron chi connectivity index (χ3n) is 3.54. The third-order valence-corrected chi connectivity index (χ3v) is 4.28. The van der Waals surface area contributed by atoms with Crippen LogP contribution in [0.1, 0.15) is 21.7 Å². The van der Waals surface area contributed by atoms with E-state index in [0.29, 0.717) is 27.2 Å². The Bertz CT molecular complexity index is 955. The molecule has 1 amide bonds. The Morgan fingerprint density at radius 3 is 2.31 bits per heavy atom. The summed E-state index contributed by atoms with van der Waals surface area (Å²) in [5.41, 5.74) is 3.52. The molecule has 3 rings (SSSR count). The second-order valence-corrected chi connectivity index (χ2v) is 6.58. The lowest BCUT2D eigenvalue weighted by Crippen LogP contribution is -2.12. The van der Waals surface area contributed by atoms with Gasteiger partial charge < -0.3 is 10.6 Å². The summed E-state index contributed by atoms with van der Waals surface area (Å²) in [6, 6.07) is 13.9. The van der Waals surface area contributed by atoms with Crippen molar-refractivity contribution in [2.24, 2.45) is 0 Å². The maximum atomic E-state index is 12.5. The number of benzene rings is 2. The monoisotopic (exact) mass is 386 g/mol. The van der Waals surface area contributed by atoms with E-state index in [1.165, 1.54) is 0 Å². The largest absolute Gasteiger partial charge is 0.324 e. The van der Waals surface area contributed by atoms with Crippen LogP contribution in [0, 0.1) is 13.8 Å². The molecule has 0 unspecified atom stereocenters. The maximum absolute atomic E-state index is 12.5. The average molecular weight is 387 g/mol. The van der Waals surface area contributed by atoms with Crippen molar-refractivity contribution in [1.29, 1.82) is 0 Å². The number of halogens is 2. The van der Waals surface area contributed by atoms with Crippen molar-refractivity contribution in [2.75, 3.05) is 10.6 Å². The van der Waals surface area contributed by atoms with E-state index >= 15 is 0 Å². The minimum absolute atomic E-state index is 0.256. The lowest BCUT2D eigenvalue weighted by atomic mass is 10.2. The predicted molar refractivity (Wildman–Crippen MR) is 106 cm³/mol. The van der Waals surface area contributed by atoms with E-state index in [1.807, 2.05) is 26.0 Å². The van der Waals surface area contributed by atoms with Gasteiger partial charge in [0.15, 0.2) is 0 Å². The number of carbonyl (C=O) groups is 1. The number of aryl methyl sites for hydroxylation is 2. The predicted octanol–water partition coefficient (Wildman–Crippen LogP) is 5.40. The van der Waals surface area contributed by atoms with Gasteiger partial charge in [-0.1, -0.05) is 29.3 Å². The Hall–Kier alpha value is -2.63. The Kier molecular flexibility index (Phi) is 5.40. The van der Waals surface area contributed by atoms with Crippen LogP contribution >= 0.6 is 23.2 Å². The molecule has 7 heteroatoms. The zero-order valence-electron chi connectivity index (χ0n) is 14.2. The summed E-state index contributed by atoms with van der Waals surface area (Å²) in [5, 5.41) is 6.73. The topological polar surface area (TPSA) is 66.9 Å². The third kappa shape index (κ3) is 4.50. The Morgan fingerprint density at radius 2 is 1.62 bits per heavy atom. The van der Waals surface area contributed by atoms with E-state index in [9.17, 15) is 4.79 Å². The molecule has 2 aromatic carbocycles. The van der Waals surface area contributed by atoms with E-state index in [4.69, 9.17) is 23.2 Å². The molecule has 1 aromatic heterocycles. The summed E-state index contributed by atoms with van der Waals surface area (Å²) in [5.74, 6) is 0.234. The Balaban J connectivity index is 1.77. The molecular weight excluding hydrogens is 371 g/mol. The smallest absolute Gasteiger partial charge is 0.255 e. The van der Waals surface area contributed by atoms with E-state index in [2.05, 4.69) is 20.6 Å². The van der Waals surface area contributed by atoms with Gasteiger partial charge in [-0.3, -0.25) is 4.79 Å². The second-order valence-electron chi connectivity index (χ2n) is 5.76. The number of amides is 1. The van der Waals surface area contributed by atoms with Crippen LogP contribution in [0.4, 0.5) is 17.3 Å². The van der Waals surface area contributed by atoms with Crippen molar-refractivity contribution in [2.45, 2.75) is 13.8 Å². The molecule has 0 aliphatic heterocycles. The van der Waals surface area contributed by atoms with Gasteiger partial charge in [-0.15, -0.1) is 0 Å². The first-order valence-corrected chi connectivity index (χ1v) is 8.62. The van der Waals surface area contributed by atoms with Crippen LogP contribution < -0.4 is 10.6 Å². The molecule has 3 aromatic rings. The molecule has 5 nitrogen and oxygen atoms in total. The number of rotatable bonds is 4. The molecule has 132 valence electrons. The molecular formula is C19H16Cl2N4O. The van der Waals surface area contributed by atoms with Gasteiger partial charge in [0.05, 0.1) is 10.0 Å². The molecule has 0 bridgehead atoms. The molecule has 2 N–H and O–H groups in total. The summed E-state index contributed by atoms with van der Waals surface area (Å²) in [6.45, 7) is 3.81. The van der Waals surface area contributed by atoms with Gasteiger partial charge >= 0.3 is 0 Å². The lowest BCUT2D eigenvalue weighted by molar-refractivity contribution is 0.102. The molecule has 26 heavy (non-hydrogen) atoms. The number of nitrogens with one attached hydrogen (secondary N) is 2. The molecule has 0 aliphatic carbocycles.